The number of unbranched alkanes of at least 4 members (excludes halogenated alkanes) is 2. The Kier molecular flexibility index (Phi) is 8.74. The van der Waals surface area contributed by atoms with E-state index in [1.165, 1.54) is 0 Å². The van der Waals surface area contributed by atoms with Gasteiger partial charge in [-0.3, -0.25) is 4.79 Å². The van der Waals surface area contributed by atoms with Gasteiger partial charge in [-0.15, -0.1) is 0 Å². The third-order valence-corrected chi connectivity index (χ3v) is 3.22. The molecule has 1 aromatic heterocycles. The first-order valence-corrected chi connectivity index (χ1v) is 7.99. The van der Waals surface area contributed by atoms with Crippen LogP contribution >= 0.6 is 0 Å². The van der Waals surface area contributed by atoms with Crippen LogP contribution in [0.1, 0.15) is 52.3 Å². The van der Waals surface area contributed by atoms with E-state index in [2.05, 4.69) is 28.7 Å². The maximum atomic E-state index is 11.2. The lowest BCUT2D eigenvalue weighted by Crippen LogP contribution is -2.21. The van der Waals surface area contributed by atoms with E-state index in [-0.39, 0.29) is 5.97 Å². The van der Waals surface area contributed by atoms with Gasteiger partial charge in [0.05, 0.1) is 13.2 Å². The van der Waals surface area contributed by atoms with E-state index >= 15 is 0 Å². The molecule has 0 amide bonds. The molecule has 0 bridgehead atoms. The number of aromatic nitrogens is 2. The van der Waals surface area contributed by atoms with Gasteiger partial charge < -0.3 is 14.6 Å². The van der Waals surface area contributed by atoms with Crippen LogP contribution in [0.4, 0.5) is 0 Å². The SMILES string of the molecule is CCOC(=O)CCCCCn1ccnc1CNCC(C)C. The third-order valence-electron chi connectivity index (χ3n) is 3.22. The van der Waals surface area contributed by atoms with Crippen LogP contribution in [0.15, 0.2) is 12.4 Å². The highest BCUT2D eigenvalue weighted by molar-refractivity contribution is 5.69. The Hall–Kier alpha value is -1.36. The summed E-state index contributed by atoms with van der Waals surface area (Å²) in [6.45, 7) is 9.49. The van der Waals surface area contributed by atoms with Gasteiger partial charge in [-0.25, -0.2) is 4.98 Å². The maximum absolute atomic E-state index is 11.2. The Labute approximate surface area is 128 Å². The zero-order valence-electron chi connectivity index (χ0n) is 13.6. The Morgan fingerprint density at radius 1 is 1.38 bits per heavy atom. The molecule has 0 saturated carbocycles. The monoisotopic (exact) mass is 295 g/mol. The summed E-state index contributed by atoms with van der Waals surface area (Å²) < 4.78 is 7.11. The average Bonchev–Trinajstić information content (AvgIpc) is 2.86. The lowest BCUT2D eigenvalue weighted by atomic mass is 10.2. The second kappa shape index (κ2) is 10.4. The molecule has 1 N–H and O–H groups in total. The minimum absolute atomic E-state index is 0.0845. The van der Waals surface area contributed by atoms with E-state index in [4.69, 9.17) is 4.74 Å². The molecule has 5 nitrogen and oxygen atoms in total. The molecule has 0 aliphatic carbocycles. The summed E-state index contributed by atoms with van der Waals surface area (Å²) in [7, 11) is 0. The highest BCUT2D eigenvalue weighted by atomic mass is 16.5. The molecule has 0 radical (unpaired) electrons. The molecule has 120 valence electrons. The lowest BCUT2D eigenvalue weighted by molar-refractivity contribution is -0.143. The number of carbonyl (C=O) groups is 1. The van der Waals surface area contributed by atoms with Crippen LogP contribution in [0.25, 0.3) is 0 Å². The molecular weight excluding hydrogens is 266 g/mol. The van der Waals surface area contributed by atoms with Crippen LogP contribution in [-0.4, -0.2) is 28.7 Å². The molecule has 5 heteroatoms. The first-order valence-electron chi connectivity index (χ1n) is 7.99. The van der Waals surface area contributed by atoms with Crippen molar-refractivity contribution in [2.45, 2.75) is 59.5 Å². The van der Waals surface area contributed by atoms with Crippen molar-refractivity contribution in [2.75, 3.05) is 13.2 Å². The average molecular weight is 295 g/mol. The molecule has 0 aliphatic rings. The topological polar surface area (TPSA) is 56.2 Å². The van der Waals surface area contributed by atoms with Crippen LogP contribution in [0.3, 0.4) is 0 Å². The van der Waals surface area contributed by atoms with Crippen LogP contribution in [0.2, 0.25) is 0 Å². The van der Waals surface area contributed by atoms with Gasteiger partial charge in [-0.05, 0) is 32.2 Å². The number of hydrogen-bond donors (Lipinski definition) is 1. The minimum atomic E-state index is -0.0845. The van der Waals surface area contributed by atoms with E-state index in [9.17, 15) is 4.79 Å². The molecule has 0 atom stereocenters. The van der Waals surface area contributed by atoms with Gasteiger partial charge in [0.1, 0.15) is 5.82 Å². The van der Waals surface area contributed by atoms with Gasteiger partial charge in [0, 0.05) is 25.4 Å². The Balaban J connectivity index is 2.17. The second-order valence-electron chi connectivity index (χ2n) is 5.68. The number of esters is 1. The van der Waals surface area contributed by atoms with Gasteiger partial charge in [0.15, 0.2) is 0 Å². The van der Waals surface area contributed by atoms with Crippen LogP contribution in [-0.2, 0) is 22.6 Å². The van der Waals surface area contributed by atoms with Crippen molar-refractivity contribution >= 4 is 5.97 Å². The molecule has 1 heterocycles. The smallest absolute Gasteiger partial charge is 0.305 e. The number of ether oxygens (including phenoxy) is 1. The number of nitrogens with zero attached hydrogens (tertiary/aromatic N) is 2. The van der Waals surface area contributed by atoms with Crippen molar-refractivity contribution in [1.82, 2.24) is 14.9 Å². The van der Waals surface area contributed by atoms with Crippen LogP contribution in [0.5, 0.6) is 0 Å². The molecule has 0 fully saturated rings. The Bertz CT molecular complexity index is 402. The predicted molar refractivity (Wildman–Crippen MR) is 83.9 cm³/mol. The molecule has 1 rings (SSSR count). The summed E-state index contributed by atoms with van der Waals surface area (Å²) in [5.74, 6) is 1.65. The standard InChI is InChI=1S/C16H29N3O2/c1-4-21-16(20)8-6-5-7-10-19-11-9-18-15(19)13-17-12-14(2)3/h9,11,14,17H,4-8,10,12-13H2,1-3H3. The van der Waals surface area contributed by atoms with Crippen LogP contribution in [0, 0.1) is 5.92 Å². The summed E-state index contributed by atoms with van der Waals surface area (Å²) in [6.07, 6.45) is 7.40. The van der Waals surface area contributed by atoms with Crippen molar-refractivity contribution in [3.05, 3.63) is 18.2 Å². The number of rotatable bonds is 11. The fourth-order valence-electron chi connectivity index (χ4n) is 2.14. The number of hydrogen-bond acceptors (Lipinski definition) is 4. The predicted octanol–water partition coefficient (Wildman–Crippen LogP) is 2.75. The Morgan fingerprint density at radius 2 is 2.19 bits per heavy atom. The number of imidazole rings is 1. The molecular formula is C16H29N3O2. The molecule has 21 heavy (non-hydrogen) atoms. The highest BCUT2D eigenvalue weighted by Crippen LogP contribution is 2.06. The third kappa shape index (κ3) is 7.85. The van der Waals surface area contributed by atoms with Gasteiger partial charge in [0.2, 0.25) is 0 Å². The summed E-state index contributed by atoms with van der Waals surface area (Å²) in [5, 5.41) is 3.41. The van der Waals surface area contributed by atoms with E-state index in [0.29, 0.717) is 18.9 Å². The van der Waals surface area contributed by atoms with E-state index in [1.807, 2.05) is 19.3 Å². The first kappa shape index (κ1) is 17.7. The van der Waals surface area contributed by atoms with Gasteiger partial charge in [-0.1, -0.05) is 20.3 Å². The van der Waals surface area contributed by atoms with Gasteiger partial charge in [0.25, 0.3) is 0 Å². The zero-order chi connectivity index (χ0) is 15.5. The fourth-order valence-corrected chi connectivity index (χ4v) is 2.14. The quantitative estimate of drug-likeness (QED) is 0.504. The van der Waals surface area contributed by atoms with Crippen molar-refractivity contribution in [3.8, 4) is 0 Å². The van der Waals surface area contributed by atoms with Crippen molar-refractivity contribution < 1.29 is 9.53 Å². The number of aryl methyl sites for hydroxylation is 1. The van der Waals surface area contributed by atoms with E-state index in [1.54, 1.807) is 0 Å². The van der Waals surface area contributed by atoms with E-state index in [0.717, 1.165) is 44.7 Å². The largest absolute Gasteiger partial charge is 0.466 e. The van der Waals surface area contributed by atoms with E-state index < -0.39 is 0 Å². The molecule has 0 aromatic carbocycles. The van der Waals surface area contributed by atoms with Crippen molar-refractivity contribution in [2.24, 2.45) is 5.92 Å². The highest BCUT2D eigenvalue weighted by Gasteiger charge is 2.04. The van der Waals surface area contributed by atoms with Gasteiger partial charge >= 0.3 is 5.97 Å². The lowest BCUT2D eigenvalue weighted by Gasteiger charge is -2.10. The van der Waals surface area contributed by atoms with Gasteiger partial charge in [-0.2, -0.15) is 0 Å². The first-order chi connectivity index (χ1) is 10.1. The molecule has 0 unspecified atom stereocenters. The summed E-state index contributed by atoms with van der Waals surface area (Å²) in [6, 6.07) is 0. The number of nitrogens with one attached hydrogen (secondary N) is 1. The zero-order valence-corrected chi connectivity index (χ0v) is 13.6. The summed E-state index contributed by atoms with van der Waals surface area (Å²) in [5.41, 5.74) is 0. The molecule has 0 spiro atoms. The van der Waals surface area contributed by atoms with Crippen molar-refractivity contribution in [1.29, 1.82) is 0 Å². The number of carbonyl (C=O) groups excluding carboxylic acids is 1. The fraction of sp³-hybridized carbons (Fsp3) is 0.750. The Morgan fingerprint density at radius 3 is 2.90 bits per heavy atom. The maximum Gasteiger partial charge on any atom is 0.305 e. The summed E-state index contributed by atoms with van der Waals surface area (Å²) >= 11 is 0. The normalized spacial score (nSPS) is 11.0. The molecule has 0 saturated heterocycles. The molecule has 0 aliphatic heterocycles. The second-order valence-corrected chi connectivity index (χ2v) is 5.68. The van der Waals surface area contributed by atoms with Crippen LogP contribution < -0.4 is 5.32 Å². The molecule has 1 aromatic rings. The van der Waals surface area contributed by atoms with Crippen molar-refractivity contribution in [3.63, 3.8) is 0 Å². The summed E-state index contributed by atoms with van der Waals surface area (Å²) in [4.78, 5) is 15.6. The minimum Gasteiger partial charge on any atom is -0.466 e.